The molecule has 0 saturated heterocycles. The van der Waals surface area contributed by atoms with Crippen molar-refractivity contribution in [2.45, 2.75) is 18.8 Å². The molecule has 2 aromatic heterocycles. The first kappa shape index (κ1) is 23.0. The van der Waals surface area contributed by atoms with Gasteiger partial charge in [0, 0.05) is 28.1 Å². The Labute approximate surface area is 234 Å². The van der Waals surface area contributed by atoms with E-state index in [1.54, 1.807) is 0 Å². The van der Waals surface area contributed by atoms with Crippen molar-refractivity contribution in [1.82, 2.24) is 9.61 Å². The first-order valence-electron chi connectivity index (χ1n) is 14.1. The fourth-order valence-electron chi connectivity index (χ4n) is 6.02. The maximum atomic E-state index is 5.42. The molecule has 0 atom stereocenters. The van der Waals surface area contributed by atoms with Gasteiger partial charge in [0.2, 0.25) is 0 Å². The standard InChI is InChI=1S/C38H28N2/c1-3-11-26(12-4-1)29-16-9-18-32(23-29)36-37(33-19-10-17-30(24-33)27-13-5-2-6-14-27)39-40-35(28-21-22-28)25-31-15-7-8-20-34(31)38(36)40/h1-20,23-25,28H,21-22H2. The van der Waals surface area contributed by atoms with E-state index in [4.69, 9.17) is 5.10 Å². The van der Waals surface area contributed by atoms with Crippen LogP contribution in [0, 0.1) is 0 Å². The molecule has 5 aromatic carbocycles. The van der Waals surface area contributed by atoms with Crippen molar-refractivity contribution in [3.05, 3.63) is 145 Å². The number of hydrogen-bond donors (Lipinski definition) is 0. The highest BCUT2D eigenvalue weighted by Crippen LogP contribution is 2.46. The van der Waals surface area contributed by atoms with Crippen molar-refractivity contribution in [3.63, 3.8) is 0 Å². The summed E-state index contributed by atoms with van der Waals surface area (Å²) < 4.78 is 2.26. The number of fused-ring (bicyclic) bond motifs is 3. The summed E-state index contributed by atoms with van der Waals surface area (Å²) >= 11 is 0. The smallest absolute Gasteiger partial charge is 0.101 e. The molecule has 7 aromatic rings. The first-order valence-corrected chi connectivity index (χ1v) is 14.1. The number of pyridine rings is 1. The van der Waals surface area contributed by atoms with Gasteiger partial charge < -0.3 is 0 Å². The third kappa shape index (κ3) is 3.92. The maximum absolute atomic E-state index is 5.42. The number of rotatable bonds is 5. The summed E-state index contributed by atoms with van der Waals surface area (Å²) in [5, 5.41) is 7.94. The molecule has 0 radical (unpaired) electrons. The van der Waals surface area contributed by atoms with Crippen LogP contribution < -0.4 is 0 Å². The second-order valence-electron chi connectivity index (χ2n) is 10.8. The van der Waals surface area contributed by atoms with Crippen molar-refractivity contribution >= 4 is 16.3 Å². The minimum absolute atomic E-state index is 0.569. The van der Waals surface area contributed by atoms with Crippen molar-refractivity contribution < 1.29 is 0 Å². The molecular weight excluding hydrogens is 484 g/mol. The van der Waals surface area contributed by atoms with Crippen LogP contribution >= 0.6 is 0 Å². The average molecular weight is 513 g/mol. The van der Waals surface area contributed by atoms with E-state index < -0.39 is 0 Å². The third-order valence-corrected chi connectivity index (χ3v) is 8.15. The number of nitrogens with zero attached hydrogens (tertiary/aromatic N) is 2. The van der Waals surface area contributed by atoms with Gasteiger partial charge in [-0.25, -0.2) is 4.52 Å². The summed E-state index contributed by atoms with van der Waals surface area (Å²) in [6, 6.07) is 50.2. The molecule has 0 aliphatic heterocycles. The van der Waals surface area contributed by atoms with E-state index in [2.05, 4.69) is 144 Å². The Morgan fingerprint density at radius 1 is 0.500 bits per heavy atom. The van der Waals surface area contributed by atoms with Gasteiger partial charge in [-0.2, -0.15) is 5.10 Å². The molecule has 1 saturated carbocycles. The summed E-state index contributed by atoms with van der Waals surface area (Å²) in [7, 11) is 0. The third-order valence-electron chi connectivity index (χ3n) is 8.15. The SMILES string of the molecule is c1ccc(-c2cccc(-c3nn4c(C5CC5)cc5ccccc5c4c3-c3cccc(-c4ccccc4)c3)c2)cc1. The lowest BCUT2D eigenvalue weighted by atomic mass is 9.93. The van der Waals surface area contributed by atoms with E-state index in [1.807, 2.05) is 0 Å². The van der Waals surface area contributed by atoms with Gasteiger partial charge in [-0.1, -0.05) is 121 Å². The van der Waals surface area contributed by atoms with Crippen LogP contribution in [0.2, 0.25) is 0 Å². The monoisotopic (exact) mass is 512 g/mol. The molecule has 190 valence electrons. The van der Waals surface area contributed by atoms with Crippen LogP contribution in [0.5, 0.6) is 0 Å². The van der Waals surface area contributed by atoms with Crippen LogP contribution in [-0.4, -0.2) is 9.61 Å². The zero-order chi connectivity index (χ0) is 26.5. The van der Waals surface area contributed by atoms with E-state index in [9.17, 15) is 0 Å². The number of benzene rings is 5. The second-order valence-corrected chi connectivity index (χ2v) is 10.8. The van der Waals surface area contributed by atoms with Crippen molar-refractivity contribution in [1.29, 1.82) is 0 Å². The Hall–Kier alpha value is -4.95. The molecule has 0 N–H and O–H groups in total. The van der Waals surface area contributed by atoms with E-state index in [0.29, 0.717) is 5.92 Å². The van der Waals surface area contributed by atoms with E-state index in [0.717, 1.165) is 11.3 Å². The maximum Gasteiger partial charge on any atom is 0.101 e. The number of hydrogen-bond acceptors (Lipinski definition) is 1. The lowest BCUT2D eigenvalue weighted by Crippen LogP contribution is -1.98. The Morgan fingerprint density at radius 2 is 1.05 bits per heavy atom. The van der Waals surface area contributed by atoms with Crippen LogP contribution in [0.25, 0.3) is 60.9 Å². The molecule has 40 heavy (non-hydrogen) atoms. The Balaban J connectivity index is 1.44. The number of aromatic nitrogens is 2. The predicted molar refractivity (Wildman–Crippen MR) is 166 cm³/mol. The molecule has 0 amide bonds. The summed E-state index contributed by atoms with van der Waals surface area (Å²) in [6.45, 7) is 0. The summed E-state index contributed by atoms with van der Waals surface area (Å²) in [6.07, 6.45) is 2.45. The van der Waals surface area contributed by atoms with Crippen LogP contribution in [-0.2, 0) is 0 Å². The molecule has 1 fully saturated rings. The van der Waals surface area contributed by atoms with Crippen LogP contribution in [0.15, 0.2) is 140 Å². The zero-order valence-corrected chi connectivity index (χ0v) is 22.2. The van der Waals surface area contributed by atoms with Crippen molar-refractivity contribution in [2.24, 2.45) is 0 Å². The Morgan fingerprint density at radius 3 is 1.73 bits per heavy atom. The normalized spacial score (nSPS) is 13.2. The molecule has 2 heteroatoms. The van der Waals surface area contributed by atoms with Crippen molar-refractivity contribution in [2.75, 3.05) is 0 Å². The van der Waals surface area contributed by atoms with Gasteiger partial charge >= 0.3 is 0 Å². The highest BCUT2D eigenvalue weighted by atomic mass is 15.2. The van der Waals surface area contributed by atoms with E-state index in [1.165, 1.54) is 68.2 Å². The topological polar surface area (TPSA) is 17.3 Å². The minimum atomic E-state index is 0.569. The van der Waals surface area contributed by atoms with Gasteiger partial charge in [0.1, 0.15) is 5.69 Å². The largest absolute Gasteiger partial charge is 0.236 e. The molecule has 0 unspecified atom stereocenters. The van der Waals surface area contributed by atoms with Gasteiger partial charge in [-0.3, -0.25) is 0 Å². The minimum Gasteiger partial charge on any atom is -0.236 e. The lowest BCUT2D eigenvalue weighted by Gasteiger charge is -2.11. The lowest BCUT2D eigenvalue weighted by molar-refractivity contribution is 0.866. The van der Waals surface area contributed by atoms with Crippen LogP contribution in [0.4, 0.5) is 0 Å². The fraction of sp³-hybridized carbons (Fsp3) is 0.0789. The van der Waals surface area contributed by atoms with Crippen LogP contribution in [0.1, 0.15) is 24.5 Å². The van der Waals surface area contributed by atoms with Crippen molar-refractivity contribution in [3.8, 4) is 44.6 Å². The summed E-state index contributed by atoms with van der Waals surface area (Å²) in [5.41, 5.74) is 11.9. The fourth-order valence-corrected chi connectivity index (χ4v) is 6.02. The highest BCUT2D eigenvalue weighted by Gasteiger charge is 2.29. The molecule has 0 spiro atoms. The molecule has 8 rings (SSSR count). The molecule has 1 aliphatic carbocycles. The Bertz CT molecular complexity index is 2000. The van der Waals surface area contributed by atoms with Gasteiger partial charge in [-0.05, 0) is 64.2 Å². The quantitative estimate of drug-likeness (QED) is 0.224. The van der Waals surface area contributed by atoms with Gasteiger partial charge in [0.15, 0.2) is 0 Å². The van der Waals surface area contributed by atoms with E-state index >= 15 is 0 Å². The predicted octanol–water partition coefficient (Wildman–Crippen LogP) is 10.0. The average Bonchev–Trinajstić information content (AvgIpc) is 3.80. The van der Waals surface area contributed by atoms with Gasteiger partial charge in [-0.15, -0.1) is 0 Å². The first-order chi connectivity index (χ1) is 19.8. The zero-order valence-electron chi connectivity index (χ0n) is 22.2. The van der Waals surface area contributed by atoms with E-state index in [-0.39, 0.29) is 0 Å². The summed E-state index contributed by atoms with van der Waals surface area (Å²) in [5.74, 6) is 0.569. The molecular formula is C38H28N2. The second kappa shape index (κ2) is 9.36. The van der Waals surface area contributed by atoms with Gasteiger partial charge in [0.05, 0.1) is 5.52 Å². The molecule has 1 aliphatic rings. The van der Waals surface area contributed by atoms with Gasteiger partial charge in [0.25, 0.3) is 0 Å². The Kier molecular flexibility index (Phi) is 5.38. The molecule has 2 heterocycles. The highest BCUT2D eigenvalue weighted by molar-refractivity contribution is 6.07. The van der Waals surface area contributed by atoms with Crippen LogP contribution in [0.3, 0.4) is 0 Å². The molecule has 2 nitrogen and oxygen atoms in total. The summed E-state index contributed by atoms with van der Waals surface area (Å²) in [4.78, 5) is 0. The molecule has 0 bridgehead atoms.